The van der Waals surface area contributed by atoms with Crippen LogP contribution in [0.5, 0.6) is 0 Å². The molecule has 104 valence electrons. The number of aliphatic hydroxyl groups excluding tert-OH is 2. The molecule has 0 heterocycles. The van der Waals surface area contributed by atoms with Gasteiger partial charge in [0.25, 0.3) is 0 Å². The zero-order valence-electron chi connectivity index (χ0n) is 11.1. The van der Waals surface area contributed by atoms with Crippen molar-refractivity contribution in [1.82, 2.24) is 5.32 Å². The largest absolute Gasteiger partial charge is 0.444 e. The minimum absolute atomic E-state index is 0.199. The molecule has 1 aliphatic carbocycles. The van der Waals surface area contributed by atoms with Crippen LogP contribution in [0, 0.1) is 5.92 Å². The Morgan fingerprint density at radius 1 is 1.22 bits per heavy atom. The number of amides is 1. The highest BCUT2D eigenvalue weighted by atomic mass is 16.6. The molecule has 1 rings (SSSR count). The van der Waals surface area contributed by atoms with E-state index in [0.717, 1.165) is 0 Å². The molecule has 0 unspecified atom stereocenters. The molecule has 0 aromatic heterocycles. The smallest absolute Gasteiger partial charge is 0.407 e. The molecule has 1 saturated carbocycles. The Morgan fingerprint density at radius 2 is 1.78 bits per heavy atom. The Labute approximate surface area is 106 Å². The third-order valence-corrected chi connectivity index (χ3v) is 2.91. The van der Waals surface area contributed by atoms with Gasteiger partial charge in [-0.3, -0.25) is 4.79 Å². The summed E-state index contributed by atoms with van der Waals surface area (Å²) in [5.41, 5.74) is -0.633. The summed E-state index contributed by atoms with van der Waals surface area (Å²) >= 11 is 0. The van der Waals surface area contributed by atoms with Crippen LogP contribution in [0.4, 0.5) is 4.79 Å². The molecule has 3 N–H and O–H groups in total. The first kappa shape index (κ1) is 14.9. The van der Waals surface area contributed by atoms with E-state index in [1.165, 1.54) is 6.92 Å². The highest BCUT2D eigenvalue weighted by Crippen LogP contribution is 2.27. The number of Topliss-reactive ketones (excluding diaryl/α,β-unsaturated/α-hetero) is 1. The van der Waals surface area contributed by atoms with Gasteiger partial charge in [0.15, 0.2) is 0 Å². The maximum atomic E-state index is 11.5. The highest BCUT2D eigenvalue weighted by Gasteiger charge is 2.44. The molecule has 1 fully saturated rings. The van der Waals surface area contributed by atoms with Gasteiger partial charge in [-0.15, -0.1) is 0 Å². The summed E-state index contributed by atoms with van der Waals surface area (Å²) in [5.74, 6) is -0.838. The minimum atomic E-state index is -1.15. The van der Waals surface area contributed by atoms with Gasteiger partial charge in [-0.25, -0.2) is 4.79 Å². The van der Waals surface area contributed by atoms with Crippen LogP contribution in [0.25, 0.3) is 0 Å². The lowest BCUT2D eigenvalue weighted by Crippen LogP contribution is -2.45. The first-order valence-electron chi connectivity index (χ1n) is 5.98. The fourth-order valence-corrected chi connectivity index (χ4v) is 2.04. The molecule has 4 atom stereocenters. The number of ether oxygens (including phenoxy) is 1. The highest BCUT2D eigenvalue weighted by molar-refractivity contribution is 5.79. The first-order chi connectivity index (χ1) is 8.11. The van der Waals surface area contributed by atoms with Crippen molar-refractivity contribution in [3.05, 3.63) is 0 Å². The SMILES string of the molecule is CC(=O)[C@H]1C[C@@H](NC(=O)OC(C)(C)C)[C@H](O)[C@@H]1O. The van der Waals surface area contributed by atoms with E-state index in [1.807, 2.05) is 0 Å². The molecular weight excluding hydrogens is 238 g/mol. The number of rotatable bonds is 2. The summed E-state index contributed by atoms with van der Waals surface area (Å²) in [4.78, 5) is 22.8. The van der Waals surface area contributed by atoms with Gasteiger partial charge >= 0.3 is 6.09 Å². The van der Waals surface area contributed by atoms with E-state index in [1.54, 1.807) is 20.8 Å². The van der Waals surface area contributed by atoms with Gasteiger partial charge in [0.05, 0.1) is 12.1 Å². The summed E-state index contributed by atoms with van der Waals surface area (Å²) in [5, 5.41) is 21.9. The third kappa shape index (κ3) is 3.68. The van der Waals surface area contributed by atoms with Crippen molar-refractivity contribution in [3.8, 4) is 0 Å². The van der Waals surface area contributed by atoms with Gasteiger partial charge in [0.2, 0.25) is 0 Å². The summed E-state index contributed by atoms with van der Waals surface area (Å²) in [6, 6.07) is -0.663. The predicted octanol–water partition coefficient (Wildman–Crippen LogP) is 0.210. The number of carbonyl (C=O) groups is 2. The second-order valence-corrected chi connectivity index (χ2v) is 5.69. The lowest BCUT2D eigenvalue weighted by Gasteiger charge is -2.23. The molecule has 0 aromatic rings. The van der Waals surface area contributed by atoms with Crippen LogP contribution in [0.3, 0.4) is 0 Å². The second-order valence-electron chi connectivity index (χ2n) is 5.69. The van der Waals surface area contributed by atoms with E-state index in [0.29, 0.717) is 0 Å². The molecule has 0 radical (unpaired) electrons. The van der Waals surface area contributed by atoms with Crippen LogP contribution in [0.2, 0.25) is 0 Å². The molecule has 6 nitrogen and oxygen atoms in total. The van der Waals surface area contributed by atoms with Crippen LogP contribution in [0.15, 0.2) is 0 Å². The molecule has 1 aliphatic rings. The first-order valence-corrected chi connectivity index (χ1v) is 5.98. The van der Waals surface area contributed by atoms with Crippen molar-refractivity contribution in [2.24, 2.45) is 5.92 Å². The number of ketones is 1. The molecule has 6 heteroatoms. The summed E-state index contributed by atoms with van der Waals surface area (Å²) in [6.45, 7) is 6.54. The Hall–Kier alpha value is -1.14. The Kier molecular flexibility index (Phi) is 4.34. The molecule has 1 amide bonds. The average molecular weight is 259 g/mol. The van der Waals surface area contributed by atoms with Crippen LogP contribution < -0.4 is 5.32 Å². The number of nitrogens with one attached hydrogen (secondary N) is 1. The molecule has 0 spiro atoms. The second kappa shape index (κ2) is 5.24. The van der Waals surface area contributed by atoms with E-state index in [9.17, 15) is 19.8 Å². The lowest BCUT2D eigenvalue weighted by atomic mass is 10.0. The molecule has 0 aromatic carbocycles. The van der Waals surface area contributed by atoms with Crippen molar-refractivity contribution in [3.63, 3.8) is 0 Å². The zero-order chi connectivity index (χ0) is 14.1. The number of hydrogen-bond acceptors (Lipinski definition) is 5. The van der Waals surface area contributed by atoms with Crippen LogP contribution in [0.1, 0.15) is 34.1 Å². The van der Waals surface area contributed by atoms with Crippen molar-refractivity contribution in [2.45, 2.75) is 58.0 Å². The van der Waals surface area contributed by atoms with E-state index in [-0.39, 0.29) is 12.2 Å². The number of hydrogen-bond donors (Lipinski definition) is 3. The number of alkyl carbamates (subject to hydrolysis) is 1. The minimum Gasteiger partial charge on any atom is -0.444 e. The molecular formula is C12H21NO5. The van der Waals surface area contributed by atoms with Crippen molar-refractivity contribution >= 4 is 11.9 Å². The molecule has 0 saturated heterocycles. The number of carbonyl (C=O) groups excluding carboxylic acids is 2. The van der Waals surface area contributed by atoms with Crippen molar-refractivity contribution < 1.29 is 24.5 Å². The van der Waals surface area contributed by atoms with Crippen LogP contribution in [-0.4, -0.2) is 45.9 Å². The Balaban J connectivity index is 2.59. The Morgan fingerprint density at radius 3 is 2.17 bits per heavy atom. The normalized spacial score (nSPS) is 32.1. The maximum absolute atomic E-state index is 11.5. The van der Waals surface area contributed by atoms with E-state index in [2.05, 4.69) is 5.32 Å². The fourth-order valence-electron chi connectivity index (χ4n) is 2.04. The predicted molar refractivity (Wildman–Crippen MR) is 64.0 cm³/mol. The molecule has 18 heavy (non-hydrogen) atoms. The van der Waals surface area contributed by atoms with Crippen molar-refractivity contribution in [1.29, 1.82) is 0 Å². The van der Waals surface area contributed by atoms with E-state index >= 15 is 0 Å². The van der Waals surface area contributed by atoms with Gasteiger partial charge in [0, 0.05) is 5.92 Å². The summed E-state index contributed by atoms with van der Waals surface area (Å²) in [6.07, 6.45) is -2.73. The topological polar surface area (TPSA) is 95.9 Å². The molecule has 0 aliphatic heterocycles. The Bertz CT molecular complexity index is 336. The lowest BCUT2D eigenvalue weighted by molar-refractivity contribution is -0.124. The monoisotopic (exact) mass is 259 g/mol. The van der Waals surface area contributed by atoms with E-state index in [4.69, 9.17) is 4.74 Å². The third-order valence-electron chi connectivity index (χ3n) is 2.91. The van der Waals surface area contributed by atoms with E-state index < -0.39 is 35.9 Å². The van der Waals surface area contributed by atoms with Gasteiger partial charge < -0.3 is 20.3 Å². The summed E-state index contributed by atoms with van der Waals surface area (Å²) in [7, 11) is 0. The average Bonchev–Trinajstić information content (AvgIpc) is 2.43. The molecule has 0 bridgehead atoms. The quantitative estimate of drug-likeness (QED) is 0.659. The standard InChI is InChI=1S/C12H21NO5/c1-6(14)7-5-8(10(16)9(7)15)13-11(17)18-12(2,3)4/h7-10,15-16H,5H2,1-4H3,(H,13,17)/t7-,8-,9-,10+/m1/s1. The van der Waals surface area contributed by atoms with Gasteiger partial charge in [0.1, 0.15) is 17.5 Å². The van der Waals surface area contributed by atoms with Crippen molar-refractivity contribution in [2.75, 3.05) is 0 Å². The van der Waals surface area contributed by atoms with Gasteiger partial charge in [-0.2, -0.15) is 0 Å². The van der Waals surface area contributed by atoms with Crippen LogP contribution >= 0.6 is 0 Å². The van der Waals surface area contributed by atoms with Crippen LogP contribution in [-0.2, 0) is 9.53 Å². The number of aliphatic hydroxyl groups is 2. The fraction of sp³-hybridized carbons (Fsp3) is 0.833. The summed E-state index contributed by atoms with van der Waals surface area (Å²) < 4.78 is 5.05. The van der Waals surface area contributed by atoms with Gasteiger partial charge in [-0.1, -0.05) is 0 Å². The zero-order valence-corrected chi connectivity index (χ0v) is 11.1. The van der Waals surface area contributed by atoms with Gasteiger partial charge in [-0.05, 0) is 34.1 Å². The maximum Gasteiger partial charge on any atom is 0.407 e.